The van der Waals surface area contributed by atoms with Gasteiger partial charge in [0.25, 0.3) is 0 Å². The van der Waals surface area contributed by atoms with Crippen molar-refractivity contribution in [1.82, 2.24) is 20.2 Å². The fraction of sp³-hybridized carbons (Fsp3) is 0.357. The van der Waals surface area contributed by atoms with Gasteiger partial charge in [-0.15, -0.1) is 11.3 Å². The van der Waals surface area contributed by atoms with Gasteiger partial charge in [0.2, 0.25) is 5.91 Å². The molecule has 106 valence electrons. The monoisotopic (exact) mass is 290 g/mol. The number of hydrogen-bond donors (Lipinski definition) is 1. The smallest absolute Gasteiger partial charge is 0.223 e. The van der Waals surface area contributed by atoms with Crippen molar-refractivity contribution in [2.45, 2.75) is 13.0 Å². The molecule has 5 nitrogen and oxygen atoms in total. The van der Waals surface area contributed by atoms with E-state index < -0.39 is 0 Å². The minimum Gasteiger partial charge on any atom is -0.349 e. The van der Waals surface area contributed by atoms with Crippen molar-refractivity contribution in [2.75, 3.05) is 20.6 Å². The molecule has 6 heteroatoms. The zero-order valence-electron chi connectivity index (χ0n) is 11.7. The first-order valence-corrected chi connectivity index (χ1v) is 7.31. The quantitative estimate of drug-likeness (QED) is 0.824. The highest BCUT2D eigenvalue weighted by Crippen LogP contribution is 2.20. The van der Waals surface area contributed by atoms with E-state index >= 15 is 0 Å². The Kier molecular flexibility index (Phi) is 5.20. The van der Waals surface area contributed by atoms with Crippen molar-refractivity contribution in [3.8, 4) is 10.7 Å². The fourth-order valence-corrected chi connectivity index (χ4v) is 2.43. The summed E-state index contributed by atoms with van der Waals surface area (Å²) in [6, 6.07) is 5.79. The summed E-state index contributed by atoms with van der Waals surface area (Å²) in [6.45, 7) is 1.33. The minimum absolute atomic E-state index is 0.130. The van der Waals surface area contributed by atoms with Crippen LogP contribution in [0, 0.1) is 0 Å². The maximum atomic E-state index is 11.4. The van der Waals surface area contributed by atoms with Gasteiger partial charge in [0, 0.05) is 45.2 Å². The highest BCUT2D eigenvalue weighted by Gasteiger charge is 2.06. The van der Waals surface area contributed by atoms with Crippen molar-refractivity contribution < 1.29 is 4.79 Å². The molecule has 0 spiro atoms. The van der Waals surface area contributed by atoms with E-state index in [0.29, 0.717) is 19.5 Å². The zero-order valence-corrected chi connectivity index (χ0v) is 12.5. The molecule has 0 bridgehead atoms. The number of rotatable bonds is 6. The van der Waals surface area contributed by atoms with Crippen LogP contribution in [0.3, 0.4) is 0 Å². The normalized spacial score (nSPS) is 10.5. The van der Waals surface area contributed by atoms with E-state index in [1.54, 1.807) is 36.5 Å². The molecule has 1 amide bonds. The van der Waals surface area contributed by atoms with Gasteiger partial charge < -0.3 is 10.2 Å². The van der Waals surface area contributed by atoms with E-state index in [9.17, 15) is 4.79 Å². The molecule has 0 saturated heterocycles. The van der Waals surface area contributed by atoms with E-state index in [-0.39, 0.29) is 5.91 Å². The number of thiazole rings is 1. The first kappa shape index (κ1) is 14.6. The molecule has 2 aromatic rings. The molecule has 0 aromatic carbocycles. The molecule has 0 fully saturated rings. The van der Waals surface area contributed by atoms with E-state index in [4.69, 9.17) is 0 Å². The highest BCUT2D eigenvalue weighted by molar-refractivity contribution is 7.13. The number of nitrogens with one attached hydrogen (secondary N) is 1. The van der Waals surface area contributed by atoms with E-state index in [1.807, 2.05) is 23.6 Å². The van der Waals surface area contributed by atoms with Crippen LogP contribution >= 0.6 is 11.3 Å². The summed E-state index contributed by atoms with van der Waals surface area (Å²) in [6.07, 6.45) is 2.27. The molecule has 20 heavy (non-hydrogen) atoms. The van der Waals surface area contributed by atoms with Gasteiger partial charge in [0.05, 0.1) is 11.4 Å². The number of carbonyl (C=O) groups excluding carboxylic acids is 1. The Hall–Kier alpha value is -1.79. The van der Waals surface area contributed by atoms with Gasteiger partial charge in [0.15, 0.2) is 0 Å². The maximum Gasteiger partial charge on any atom is 0.223 e. The lowest BCUT2D eigenvalue weighted by atomic mass is 10.3. The van der Waals surface area contributed by atoms with Gasteiger partial charge in [-0.25, -0.2) is 4.98 Å². The Balaban J connectivity index is 1.81. The zero-order chi connectivity index (χ0) is 14.4. The molecule has 0 aliphatic rings. The Labute approximate surface area is 122 Å². The topological polar surface area (TPSA) is 58.1 Å². The Morgan fingerprint density at radius 1 is 1.40 bits per heavy atom. The van der Waals surface area contributed by atoms with Gasteiger partial charge in [-0.05, 0) is 12.1 Å². The maximum absolute atomic E-state index is 11.4. The predicted octanol–water partition coefficient (Wildman–Crippen LogP) is 1.77. The summed E-state index contributed by atoms with van der Waals surface area (Å²) in [5, 5.41) is 6.17. The lowest BCUT2D eigenvalue weighted by Gasteiger charge is -2.09. The number of aromatic nitrogens is 2. The predicted molar refractivity (Wildman–Crippen MR) is 80.4 cm³/mol. The average Bonchev–Trinajstić information content (AvgIpc) is 2.93. The Morgan fingerprint density at radius 2 is 2.25 bits per heavy atom. The summed E-state index contributed by atoms with van der Waals surface area (Å²) >= 11 is 1.58. The Bertz CT molecular complexity index is 553. The first-order valence-electron chi connectivity index (χ1n) is 6.43. The number of hydrogen-bond acceptors (Lipinski definition) is 5. The summed E-state index contributed by atoms with van der Waals surface area (Å²) in [7, 11) is 3.53. The molecule has 0 unspecified atom stereocenters. The molecular weight excluding hydrogens is 272 g/mol. The lowest BCUT2D eigenvalue weighted by Crippen LogP contribution is -2.26. The minimum atomic E-state index is 0.130. The molecule has 2 rings (SSSR count). The number of pyridine rings is 1. The van der Waals surface area contributed by atoms with Crippen LogP contribution in [0.25, 0.3) is 10.7 Å². The highest BCUT2D eigenvalue weighted by atomic mass is 32.1. The van der Waals surface area contributed by atoms with Crippen LogP contribution in [0.4, 0.5) is 0 Å². The molecule has 2 heterocycles. The second-order valence-corrected chi connectivity index (χ2v) is 5.43. The molecule has 0 saturated carbocycles. The molecule has 1 N–H and O–H groups in total. The molecule has 0 atom stereocenters. The third-order valence-electron chi connectivity index (χ3n) is 2.76. The standard InChI is InChI=1S/C14H18N4OS/c1-18(2)13(19)6-8-15-9-11-10-20-14(17-11)12-5-3-4-7-16-12/h3-5,7,10,15H,6,8-9H2,1-2H3. The summed E-state index contributed by atoms with van der Waals surface area (Å²) in [5.74, 6) is 0.130. The third-order valence-corrected chi connectivity index (χ3v) is 3.67. The van der Waals surface area contributed by atoms with Gasteiger partial charge in [-0.1, -0.05) is 6.07 Å². The van der Waals surface area contributed by atoms with Crippen molar-refractivity contribution in [1.29, 1.82) is 0 Å². The SMILES string of the molecule is CN(C)C(=O)CCNCc1csc(-c2ccccn2)n1. The van der Waals surface area contributed by atoms with Crippen LogP contribution < -0.4 is 5.32 Å². The van der Waals surface area contributed by atoms with Crippen LogP contribution in [-0.2, 0) is 11.3 Å². The molecule has 0 aliphatic heterocycles. The van der Waals surface area contributed by atoms with Crippen LogP contribution in [0.15, 0.2) is 29.8 Å². The second-order valence-electron chi connectivity index (χ2n) is 4.57. The largest absolute Gasteiger partial charge is 0.349 e. The van der Waals surface area contributed by atoms with Gasteiger partial charge >= 0.3 is 0 Å². The Morgan fingerprint density at radius 3 is 2.95 bits per heavy atom. The van der Waals surface area contributed by atoms with Crippen molar-refractivity contribution in [2.24, 2.45) is 0 Å². The molecule has 0 aliphatic carbocycles. The number of nitrogens with zero attached hydrogens (tertiary/aromatic N) is 3. The molecule has 0 radical (unpaired) electrons. The van der Waals surface area contributed by atoms with Gasteiger partial charge in [-0.2, -0.15) is 0 Å². The van der Waals surface area contributed by atoms with Crippen LogP contribution in [0.5, 0.6) is 0 Å². The summed E-state index contributed by atoms with van der Waals surface area (Å²) in [4.78, 5) is 21.8. The molecule has 2 aromatic heterocycles. The van der Waals surface area contributed by atoms with Crippen LogP contribution in [0.2, 0.25) is 0 Å². The van der Waals surface area contributed by atoms with Crippen molar-refractivity contribution >= 4 is 17.2 Å². The van der Waals surface area contributed by atoms with Gasteiger partial charge in [-0.3, -0.25) is 9.78 Å². The summed E-state index contributed by atoms with van der Waals surface area (Å²) in [5.41, 5.74) is 1.87. The fourth-order valence-electron chi connectivity index (χ4n) is 1.63. The van der Waals surface area contributed by atoms with E-state index in [2.05, 4.69) is 15.3 Å². The van der Waals surface area contributed by atoms with Gasteiger partial charge in [0.1, 0.15) is 5.01 Å². The molecular formula is C14H18N4OS. The number of amides is 1. The van der Waals surface area contributed by atoms with Crippen LogP contribution in [0.1, 0.15) is 12.1 Å². The summed E-state index contributed by atoms with van der Waals surface area (Å²) < 4.78 is 0. The van der Waals surface area contributed by atoms with Crippen LogP contribution in [-0.4, -0.2) is 41.4 Å². The lowest BCUT2D eigenvalue weighted by molar-refractivity contribution is -0.128. The average molecular weight is 290 g/mol. The van der Waals surface area contributed by atoms with Crippen molar-refractivity contribution in [3.05, 3.63) is 35.5 Å². The van der Waals surface area contributed by atoms with E-state index in [1.165, 1.54) is 0 Å². The third kappa shape index (κ3) is 4.11. The second kappa shape index (κ2) is 7.12. The van der Waals surface area contributed by atoms with Crippen molar-refractivity contribution in [3.63, 3.8) is 0 Å². The first-order chi connectivity index (χ1) is 9.66. The van der Waals surface area contributed by atoms with E-state index in [0.717, 1.165) is 16.4 Å². The number of carbonyl (C=O) groups is 1.